The quantitative estimate of drug-likeness (QED) is 0.545. The standard InChI is InChI=1S/C21H32N4O5.HI/c1-21(2,3)30-20(27)24-8-9-25-14(13-24)11-22-19(25)23-12-17(26)16-10-15(28-4)6-7-18(16)29-5;/h6-7,10,14,17,26H,8-9,11-13H2,1-5H3,(H,22,23);1H. The van der Waals surface area contributed by atoms with Crippen LogP contribution in [0.3, 0.4) is 0 Å². The zero-order chi connectivity index (χ0) is 21.9. The number of fused-ring (bicyclic) bond motifs is 1. The van der Waals surface area contributed by atoms with Gasteiger partial charge in [0, 0.05) is 31.7 Å². The van der Waals surface area contributed by atoms with Gasteiger partial charge in [0.05, 0.1) is 32.9 Å². The predicted molar refractivity (Wildman–Crippen MR) is 129 cm³/mol. The van der Waals surface area contributed by atoms with Gasteiger partial charge >= 0.3 is 6.09 Å². The first-order valence-corrected chi connectivity index (χ1v) is 10.1. The van der Waals surface area contributed by atoms with Crippen LogP contribution in [0.5, 0.6) is 11.5 Å². The minimum Gasteiger partial charge on any atom is -0.497 e. The molecule has 0 radical (unpaired) electrons. The lowest BCUT2D eigenvalue weighted by Crippen LogP contribution is -2.57. The Morgan fingerprint density at radius 2 is 2.03 bits per heavy atom. The van der Waals surface area contributed by atoms with Crippen LogP contribution in [0.1, 0.15) is 32.4 Å². The molecule has 0 bridgehead atoms. The second-order valence-corrected chi connectivity index (χ2v) is 8.44. The highest BCUT2D eigenvalue weighted by Crippen LogP contribution is 2.29. The summed E-state index contributed by atoms with van der Waals surface area (Å²) in [7, 11) is 3.15. The SMILES string of the molecule is COc1ccc(OC)c(C(O)CNC2=NCC3CN(C(=O)OC(C)(C)C)CCN23)c1.I. The van der Waals surface area contributed by atoms with E-state index in [4.69, 9.17) is 14.2 Å². The van der Waals surface area contributed by atoms with Gasteiger partial charge in [-0.15, -0.1) is 24.0 Å². The highest BCUT2D eigenvalue weighted by Gasteiger charge is 2.36. The minimum absolute atomic E-state index is 0. The summed E-state index contributed by atoms with van der Waals surface area (Å²) in [6, 6.07) is 5.44. The number of piperazine rings is 1. The molecule has 1 fully saturated rings. The molecule has 9 nitrogen and oxygen atoms in total. The normalized spacial score (nSPS) is 19.0. The third-order valence-electron chi connectivity index (χ3n) is 5.11. The van der Waals surface area contributed by atoms with Gasteiger partial charge in [-0.3, -0.25) is 4.99 Å². The molecule has 3 rings (SSSR count). The smallest absolute Gasteiger partial charge is 0.410 e. The number of ether oxygens (including phenoxy) is 3. The molecule has 2 unspecified atom stereocenters. The van der Waals surface area contributed by atoms with Crippen LogP contribution < -0.4 is 14.8 Å². The molecule has 0 saturated carbocycles. The number of halogens is 1. The lowest BCUT2D eigenvalue weighted by molar-refractivity contribution is 0.0137. The van der Waals surface area contributed by atoms with Crippen LogP contribution in [0.15, 0.2) is 23.2 Å². The summed E-state index contributed by atoms with van der Waals surface area (Å²) in [5.41, 5.74) is 0.138. The molecule has 174 valence electrons. The number of hydrogen-bond acceptors (Lipinski definition) is 8. The Bertz CT molecular complexity index is 798. The Hall–Kier alpha value is -1.95. The summed E-state index contributed by atoms with van der Waals surface area (Å²) in [5, 5.41) is 13.9. The van der Waals surface area contributed by atoms with Crippen molar-refractivity contribution in [1.29, 1.82) is 0 Å². The molecule has 2 atom stereocenters. The van der Waals surface area contributed by atoms with Crippen LogP contribution in [-0.4, -0.2) is 85.5 Å². The van der Waals surface area contributed by atoms with E-state index in [1.54, 1.807) is 37.3 Å². The maximum absolute atomic E-state index is 12.3. The molecule has 2 N–H and O–H groups in total. The van der Waals surface area contributed by atoms with Gasteiger partial charge in [-0.2, -0.15) is 0 Å². The first-order valence-electron chi connectivity index (χ1n) is 10.1. The highest BCUT2D eigenvalue weighted by molar-refractivity contribution is 14.0. The summed E-state index contributed by atoms with van der Waals surface area (Å²) in [4.78, 5) is 20.8. The maximum Gasteiger partial charge on any atom is 0.410 e. The Morgan fingerprint density at radius 3 is 2.68 bits per heavy atom. The van der Waals surface area contributed by atoms with Gasteiger partial charge in [0.25, 0.3) is 0 Å². The number of rotatable bonds is 5. The third-order valence-corrected chi connectivity index (χ3v) is 5.11. The number of methoxy groups -OCH3 is 2. The van der Waals surface area contributed by atoms with Crippen molar-refractivity contribution in [2.45, 2.75) is 38.5 Å². The number of aliphatic imine (C=N–C) groups is 1. The second-order valence-electron chi connectivity index (χ2n) is 8.44. The van der Waals surface area contributed by atoms with Crippen LogP contribution in [0.4, 0.5) is 4.79 Å². The zero-order valence-corrected chi connectivity index (χ0v) is 21.1. The summed E-state index contributed by atoms with van der Waals surface area (Å²) >= 11 is 0. The van der Waals surface area contributed by atoms with Gasteiger partial charge < -0.3 is 34.4 Å². The zero-order valence-electron chi connectivity index (χ0n) is 18.8. The molecule has 0 spiro atoms. The maximum atomic E-state index is 12.3. The van der Waals surface area contributed by atoms with E-state index in [1.165, 1.54) is 0 Å². The molecule has 31 heavy (non-hydrogen) atoms. The number of hydrogen-bond donors (Lipinski definition) is 2. The fourth-order valence-electron chi connectivity index (χ4n) is 3.62. The average Bonchev–Trinajstić information content (AvgIpc) is 3.12. The van der Waals surface area contributed by atoms with Crippen molar-refractivity contribution in [2.75, 3.05) is 46.9 Å². The Morgan fingerprint density at radius 1 is 1.29 bits per heavy atom. The van der Waals surface area contributed by atoms with Crippen LogP contribution in [0.25, 0.3) is 0 Å². The molecule has 10 heteroatoms. The molecule has 0 aromatic heterocycles. The highest BCUT2D eigenvalue weighted by atomic mass is 127. The van der Waals surface area contributed by atoms with E-state index in [0.717, 1.165) is 5.96 Å². The van der Waals surface area contributed by atoms with E-state index < -0.39 is 11.7 Å². The van der Waals surface area contributed by atoms with Gasteiger partial charge in [0.1, 0.15) is 17.1 Å². The fourth-order valence-corrected chi connectivity index (χ4v) is 3.62. The number of benzene rings is 1. The number of carbonyl (C=O) groups is 1. The topological polar surface area (TPSA) is 95.9 Å². The summed E-state index contributed by atoms with van der Waals surface area (Å²) in [6.07, 6.45) is -1.08. The lowest BCUT2D eigenvalue weighted by atomic mass is 10.1. The van der Waals surface area contributed by atoms with Gasteiger partial charge in [-0.1, -0.05) is 0 Å². The second kappa shape index (κ2) is 10.6. The number of aliphatic hydroxyl groups is 1. The Balaban J connectivity index is 0.00000341. The van der Waals surface area contributed by atoms with Gasteiger partial charge in [0.2, 0.25) is 0 Å². The first kappa shape index (κ1) is 25.3. The van der Waals surface area contributed by atoms with E-state index in [-0.39, 0.29) is 42.7 Å². The van der Waals surface area contributed by atoms with E-state index in [0.29, 0.717) is 43.2 Å². The molecular weight excluding hydrogens is 515 g/mol. The fraction of sp³-hybridized carbons (Fsp3) is 0.619. The summed E-state index contributed by atoms with van der Waals surface area (Å²) in [5.74, 6) is 1.99. The third kappa shape index (κ3) is 6.28. The molecule has 1 amide bonds. The van der Waals surface area contributed by atoms with Crippen molar-refractivity contribution in [3.8, 4) is 11.5 Å². The van der Waals surface area contributed by atoms with E-state index in [9.17, 15) is 9.90 Å². The number of aliphatic hydroxyl groups excluding tert-OH is 1. The summed E-state index contributed by atoms with van der Waals surface area (Å²) in [6.45, 7) is 8.27. The number of amides is 1. The number of nitrogens with one attached hydrogen (secondary N) is 1. The van der Waals surface area contributed by atoms with Crippen molar-refractivity contribution in [3.63, 3.8) is 0 Å². The van der Waals surface area contributed by atoms with Crippen molar-refractivity contribution in [3.05, 3.63) is 23.8 Å². The van der Waals surface area contributed by atoms with Crippen molar-refractivity contribution < 1.29 is 24.1 Å². The molecule has 2 heterocycles. The van der Waals surface area contributed by atoms with Crippen LogP contribution in [0.2, 0.25) is 0 Å². The Kier molecular flexibility index (Phi) is 8.64. The predicted octanol–water partition coefficient (Wildman–Crippen LogP) is 2.24. The summed E-state index contributed by atoms with van der Waals surface area (Å²) < 4.78 is 16.1. The van der Waals surface area contributed by atoms with Crippen LogP contribution >= 0.6 is 24.0 Å². The van der Waals surface area contributed by atoms with Crippen molar-refractivity contribution in [2.24, 2.45) is 4.99 Å². The van der Waals surface area contributed by atoms with Gasteiger partial charge in [-0.25, -0.2) is 4.79 Å². The number of carbonyl (C=O) groups excluding carboxylic acids is 1. The van der Waals surface area contributed by atoms with Crippen LogP contribution in [0, 0.1) is 0 Å². The molecule has 1 saturated heterocycles. The van der Waals surface area contributed by atoms with Gasteiger partial charge in [-0.05, 0) is 39.0 Å². The number of nitrogens with zero attached hydrogens (tertiary/aromatic N) is 3. The molecule has 1 aromatic rings. The van der Waals surface area contributed by atoms with E-state index >= 15 is 0 Å². The molecular formula is C21H33IN4O5. The average molecular weight is 548 g/mol. The van der Waals surface area contributed by atoms with Crippen molar-refractivity contribution in [1.82, 2.24) is 15.1 Å². The monoisotopic (exact) mass is 548 g/mol. The Labute approximate surface area is 200 Å². The van der Waals surface area contributed by atoms with Crippen LogP contribution in [-0.2, 0) is 4.74 Å². The lowest BCUT2D eigenvalue weighted by Gasteiger charge is -2.39. The minimum atomic E-state index is -0.792. The number of guanidine groups is 1. The molecule has 1 aromatic carbocycles. The largest absolute Gasteiger partial charge is 0.497 e. The van der Waals surface area contributed by atoms with E-state index in [2.05, 4.69) is 15.2 Å². The molecule has 0 aliphatic carbocycles. The molecule has 2 aliphatic heterocycles. The van der Waals surface area contributed by atoms with Gasteiger partial charge in [0.15, 0.2) is 5.96 Å². The first-order chi connectivity index (χ1) is 14.2. The molecule has 2 aliphatic rings. The van der Waals surface area contributed by atoms with E-state index in [1.807, 2.05) is 20.8 Å². The van der Waals surface area contributed by atoms with Crippen molar-refractivity contribution >= 4 is 36.0 Å².